The van der Waals surface area contributed by atoms with E-state index in [4.69, 9.17) is 19.2 Å². The minimum atomic E-state index is 0.109. The van der Waals surface area contributed by atoms with Crippen molar-refractivity contribution in [3.63, 3.8) is 0 Å². The zero-order valence-electron chi connectivity index (χ0n) is 20.7. The van der Waals surface area contributed by atoms with E-state index in [2.05, 4.69) is 24.0 Å². The number of phenols is 1. The molecule has 3 aliphatic heterocycles. The summed E-state index contributed by atoms with van der Waals surface area (Å²) in [6.45, 7) is 4.54. The van der Waals surface area contributed by atoms with E-state index >= 15 is 0 Å². The van der Waals surface area contributed by atoms with Gasteiger partial charge in [-0.1, -0.05) is 13.3 Å². The lowest BCUT2D eigenvalue weighted by Crippen LogP contribution is -2.46. The van der Waals surface area contributed by atoms with Crippen molar-refractivity contribution in [2.75, 3.05) is 34.4 Å². The van der Waals surface area contributed by atoms with Crippen LogP contribution < -0.4 is 14.2 Å². The number of fused-ring (bicyclic) bond motifs is 4. The number of hydrogen-bond acceptors (Lipinski definition) is 6. The molecule has 0 saturated carbocycles. The molecule has 6 heteroatoms. The first-order valence-corrected chi connectivity index (χ1v) is 12.5. The summed E-state index contributed by atoms with van der Waals surface area (Å²) in [6, 6.07) is 8.73. The van der Waals surface area contributed by atoms with Crippen LogP contribution in [-0.2, 0) is 12.8 Å². The lowest BCUT2D eigenvalue weighted by Gasteiger charge is -2.48. The van der Waals surface area contributed by atoms with Crippen molar-refractivity contribution in [2.45, 2.75) is 51.1 Å². The van der Waals surface area contributed by atoms with E-state index in [1.165, 1.54) is 23.1 Å². The summed E-state index contributed by atoms with van der Waals surface area (Å²) in [4.78, 5) is 7.60. The summed E-state index contributed by atoms with van der Waals surface area (Å²) in [5.41, 5.74) is 5.13. The first-order valence-electron chi connectivity index (χ1n) is 12.5. The molecule has 34 heavy (non-hydrogen) atoms. The van der Waals surface area contributed by atoms with E-state index in [0.717, 1.165) is 55.8 Å². The quantitative estimate of drug-likeness (QED) is 0.643. The van der Waals surface area contributed by atoms with Crippen LogP contribution in [0.1, 0.15) is 60.5 Å². The van der Waals surface area contributed by atoms with Crippen LogP contribution in [0.25, 0.3) is 0 Å². The summed E-state index contributed by atoms with van der Waals surface area (Å²) in [5.74, 6) is 3.59. The fourth-order valence-electron chi connectivity index (χ4n) is 6.37. The highest BCUT2D eigenvalue weighted by molar-refractivity contribution is 5.67. The van der Waals surface area contributed by atoms with Gasteiger partial charge in [-0.25, -0.2) is 0 Å². The maximum absolute atomic E-state index is 10.3. The Morgan fingerprint density at radius 3 is 2.41 bits per heavy atom. The second-order valence-electron chi connectivity index (χ2n) is 9.84. The van der Waals surface area contributed by atoms with Crippen LogP contribution in [0.15, 0.2) is 29.3 Å². The van der Waals surface area contributed by atoms with Crippen LogP contribution in [0.3, 0.4) is 0 Å². The van der Waals surface area contributed by atoms with Crippen LogP contribution in [0.5, 0.6) is 23.0 Å². The predicted molar refractivity (Wildman–Crippen MR) is 134 cm³/mol. The van der Waals surface area contributed by atoms with Crippen LogP contribution >= 0.6 is 0 Å². The lowest BCUT2D eigenvalue weighted by atomic mass is 9.72. The Balaban J connectivity index is 1.44. The molecular weight excluding hydrogens is 428 g/mol. The second-order valence-corrected chi connectivity index (χ2v) is 9.84. The van der Waals surface area contributed by atoms with Crippen molar-refractivity contribution in [2.24, 2.45) is 16.8 Å². The Morgan fingerprint density at radius 2 is 1.68 bits per heavy atom. The summed E-state index contributed by atoms with van der Waals surface area (Å²) in [7, 11) is 5.03. The molecule has 3 heterocycles. The Kier molecular flexibility index (Phi) is 6.43. The zero-order chi connectivity index (χ0) is 23.8. The molecule has 0 unspecified atom stereocenters. The fourth-order valence-corrected chi connectivity index (χ4v) is 6.37. The number of aromatic hydroxyl groups is 1. The van der Waals surface area contributed by atoms with Crippen molar-refractivity contribution >= 4 is 6.21 Å². The van der Waals surface area contributed by atoms with E-state index < -0.39 is 0 Å². The highest BCUT2D eigenvalue weighted by Crippen LogP contribution is 2.48. The zero-order valence-corrected chi connectivity index (χ0v) is 20.7. The number of nitrogens with zero attached hydrogens (tertiary/aromatic N) is 2. The van der Waals surface area contributed by atoms with Gasteiger partial charge in [0.2, 0.25) is 0 Å². The first kappa shape index (κ1) is 23.0. The largest absolute Gasteiger partial charge is 0.504 e. The fraction of sp³-hybridized carbons (Fsp3) is 0.536. The minimum absolute atomic E-state index is 0.109. The molecule has 5 rings (SSSR count). The number of phenolic OH excluding ortho intramolecular Hbond substituents is 1. The maximum atomic E-state index is 10.3. The molecule has 182 valence electrons. The molecule has 0 aliphatic carbocycles. The van der Waals surface area contributed by atoms with Crippen LogP contribution in [0.4, 0.5) is 0 Å². The smallest absolute Gasteiger partial charge is 0.161 e. The second kappa shape index (κ2) is 9.49. The molecule has 1 fully saturated rings. The Hall–Kier alpha value is -2.73. The molecule has 1 N–H and O–H groups in total. The Morgan fingerprint density at radius 1 is 0.941 bits per heavy atom. The van der Waals surface area contributed by atoms with E-state index in [1.54, 1.807) is 21.3 Å². The van der Waals surface area contributed by atoms with Crippen LogP contribution in [-0.4, -0.2) is 50.6 Å². The van der Waals surface area contributed by atoms with E-state index in [1.807, 2.05) is 18.3 Å². The predicted octanol–water partition coefficient (Wildman–Crippen LogP) is 5.12. The molecule has 2 aromatic carbocycles. The first-order chi connectivity index (χ1) is 16.6. The molecule has 0 aromatic heterocycles. The number of rotatable bonds is 6. The Bertz CT molecular complexity index is 1080. The molecule has 0 bridgehead atoms. The summed E-state index contributed by atoms with van der Waals surface area (Å²) < 4.78 is 16.6. The van der Waals surface area contributed by atoms with Gasteiger partial charge in [-0.2, -0.15) is 0 Å². The topological polar surface area (TPSA) is 63.5 Å². The highest BCUT2D eigenvalue weighted by atomic mass is 16.5. The standard InChI is InChI=1S/C28H36N2O4/c1-5-17-16-30-9-7-19-13-27(33-3)28(34-4)15-22(19)24(30)11-20(17)10-23-21-14-26(32-2)25(31)12-18(21)6-8-29-23/h8,12-15,17,20,23-24,31H,5-7,9-11,16H2,1-4H3/t17-,20-,23+,24-/m0/s1. The third-order valence-electron chi connectivity index (χ3n) is 8.22. The van der Waals surface area contributed by atoms with Crippen molar-refractivity contribution < 1.29 is 19.3 Å². The SMILES string of the molecule is CC[C@H]1CN2CCc3cc(OC)c(OC)cc3[C@@H]2C[C@@H]1C[C@H]1N=CCc2cc(O)c(OC)cc21. The average molecular weight is 465 g/mol. The van der Waals surface area contributed by atoms with Gasteiger partial charge >= 0.3 is 0 Å². The minimum Gasteiger partial charge on any atom is -0.504 e. The van der Waals surface area contributed by atoms with Gasteiger partial charge < -0.3 is 19.3 Å². The molecule has 6 nitrogen and oxygen atoms in total. The number of hydrogen-bond donors (Lipinski definition) is 1. The van der Waals surface area contributed by atoms with E-state index in [-0.39, 0.29) is 11.8 Å². The highest BCUT2D eigenvalue weighted by Gasteiger charge is 2.40. The van der Waals surface area contributed by atoms with Gasteiger partial charge in [0.25, 0.3) is 0 Å². The summed E-state index contributed by atoms with van der Waals surface area (Å²) >= 11 is 0. The van der Waals surface area contributed by atoms with Gasteiger partial charge in [0.05, 0.1) is 27.4 Å². The average Bonchev–Trinajstić information content (AvgIpc) is 2.87. The number of ether oxygens (including phenoxy) is 3. The van der Waals surface area contributed by atoms with Gasteiger partial charge in [0.1, 0.15) is 0 Å². The van der Waals surface area contributed by atoms with Crippen molar-refractivity contribution in [3.8, 4) is 23.0 Å². The molecular formula is C28H36N2O4. The van der Waals surface area contributed by atoms with Gasteiger partial charge in [-0.05, 0) is 77.6 Å². The van der Waals surface area contributed by atoms with Gasteiger partial charge in [-0.3, -0.25) is 9.89 Å². The molecule has 3 aliphatic rings. The summed E-state index contributed by atoms with van der Waals surface area (Å²) in [6.07, 6.45) is 7.14. The van der Waals surface area contributed by atoms with Crippen LogP contribution in [0, 0.1) is 11.8 Å². The third-order valence-corrected chi connectivity index (χ3v) is 8.22. The molecule has 4 atom stereocenters. The number of methoxy groups -OCH3 is 3. The molecule has 2 aromatic rings. The number of benzene rings is 2. The van der Waals surface area contributed by atoms with Crippen molar-refractivity contribution in [3.05, 3.63) is 46.5 Å². The van der Waals surface area contributed by atoms with Crippen molar-refractivity contribution in [1.29, 1.82) is 0 Å². The molecule has 0 amide bonds. The maximum Gasteiger partial charge on any atom is 0.161 e. The number of piperidine rings is 1. The molecule has 1 saturated heterocycles. The lowest BCUT2D eigenvalue weighted by molar-refractivity contribution is 0.0455. The summed E-state index contributed by atoms with van der Waals surface area (Å²) in [5, 5.41) is 10.3. The normalized spacial score (nSPS) is 25.8. The monoisotopic (exact) mass is 464 g/mol. The van der Waals surface area contributed by atoms with Gasteiger partial charge in [0, 0.05) is 31.8 Å². The van der Waals surface area contributed by atoms with Gasteiger partial charge in [-0.15, -0.1) is 0 Å². The number of aliphatic imine (C=N–C) groups is 1. The third kappa shape index (κ3) is 4.02. The van der Waals surface area contributed by atoms with E-state index in [0.29, 0.717) is 23.6 Å². The van der Waals surface area contributed by atoms with Crippen molar-refractivity contribution in [1.82, 2.24) is 4.90 Å². The molecule has 0 radical (unpaired) electrons. The van der Waals surface area contributed by atoms with Crippen LogP contribution in [0.2, 0.25) is 0 Å². The Labute approximate surface area is 202 Å². The van der Waals surface area contributed by atoms with E-state index in [9.17, 15) is 5.11 Å². The molecule has 0 spiro atoms. The van der Waals surface area contributed by atoms with Gasteiger partial charge in [0.15, 0.2) is 23.0 Å².